The number of benzene rings is 1. The van der Waals surface area contributed by atoms with E-state index >= 15 is 0 Å². The molecule has 3 aliphatic rings. The van der Waals surface area contributed by atoms with Crippen molar-refractivity contribution >= 4 is 17.9 Å². The maximum Gasteiger partial charge on any atom is 0.230 e. The maximum absolute atomic E-state index is 12.7. The van der Waals surface area contributed by atoms with Crippen LogP contribution in [0.2, 0.25) is 0 Å². The molecule has 7 nitrogen and oxygen atoms in total. The average molecular weight is 402 g/mol. The number of aliphatic hydroxyl groups is 1. The summed E-state index contributed by atoms with van der Waals surface area (Å²) in [4.78, 5) is 28.3. The number of nitrogens with zero attached hydrogens (tertiary/aromatic N) is 2. The van der Waals surface area contributed by atoms with Crippen LogP contribution in [-0.2, 0) is 9.59 Å². The van der Waals surface area contributed by atoms with Crippen LogP contribution in [0.1, 0.15) is 39.0 Å². The topological polar surface area (TPSA) is 82.1 Å². The molecule has 3 saturated heterocycles. The van der Waals surface area contributed by atoms with Gasteiger partial charge >= 0.3 is 0 Å². The molecule has 0 bridgehead atoms. The largest absolute Gasteiger partial charge is 0.494 e. The number of carbonyl (C=O) groups excluding carboxylic acids is 2. The first-order chi connectivity index (χ1) is 14.0. The lowest BCUT2D eigenvalue weighted by molar-refractivity contribution is -0.134. The number of likely N-dealkylation sites (tertiary alicyclic amines) is 1. The third-order valence-corrected chi connectivity index (χ3v) is 6.91. The van der Waals surface area contributed by atoms with Gasteiger partial charge in [-0.2, -0.15) is 0 Å². The van der Waals surface area contributed by atoms with Crippen molar-refractivity contribution in [1.82, 2.24) is 10.2 Å². The summed E-state index contributed by atoms with van der Waals surface area (Å²) in [7, 11) is 0. The van der Waals surface area contributed by atoms with Gasteiger partial charge < -0.3 is 20.1 Å². The SMILES string of the molecule is CC1CCCN1CCCOc1ccc(N2C(=O)CC3(CCNC3)C2(O)C=O)cc1. The zero-order valence-corrected chi connectivity index (χ0v) is 17.1. The highest BCUT2D eigenvalue weighted by atomic mass is 16.5. The smallest absolute Gasteiger partial charge is 0.230 e. The number of anilines is 1. The number of carbonyl (C=O) groups is 2. The predicted octanol–water partition coefficient (Wildman–Crippen LogP) is 1.54. The third kappa shape index (κ3) is 3.56. The van der Waals surface area contributed by atoms with Crippen LogP contribution in [0.5, 0.6) is 5.75 Å². The van der Waals surface area contributed by atoms with Gasteiger partial charge in [-0.1, -0.05) is 0 Å². The molecule has 3 heterocycles. The average Bonchev–Trinajstić information content (AvgIpc) is 3.40. The standard InChI is InChI=1S/C22H31N3O4/c1-17-4-2-11-24(17)12-3-13-29-19-7-5-18(6-8-19)25-20(27)14-21(9-10-23-15-21)22(25,28)16-26/h5-8,16-17,23,28H,2-4,9-15H2,1H3. The van der Waals surface area contributed by atoms with E-state index in [0.717, 1.165) is 18.7 Å². The Balaban J connectivity index is 1.38. The molecule has 0 radical (unpaired) electrons. The molecule has 4 rings (SSSR count). The van der Waals surface area contributed by atoms with Gasteiger partial charge in [-0.3, -0.25) is 14.5 Å². The van der Waals surface area contributed by atoms with Gasteiger partial charge in [0, 0.05) is 36.7 Å². The second-order valence-electron chi connectivity index (χ2n) is 8.68. The highest BCUT2D eigenvalue weighted by Crippen LogP contribution is 2.49. The molecule has 0 aliphatic carbocycles. The zero-order valence-electron chi connectivity index (χ0n) is 17.1. The summed E-state index contributed by atoms with van der Waals surface area (Å²) in [6.07, 6.45) is 4.82. The van der Waals surface area contributed by atoms with E-state index in [2.05, 4.69) is 17.1 Å². The summed E-state index contributed by atoms with van der Waals surface area (Å²) in [5.74, 6) is 0.499. The molecule has 1 amide bonds. The Labute approximate surface area is 172 Å². The van der Waals surface area contributed by atoms with Crippen LogP contribution in [0, 0.1) is 5.41 Å². The monoisotopic (exact) mass is 401 g/mol. The van der Waals surface area contributed by atoms with Gasteiger partial charge in [0.05, 0.1) is 6.61 Å². The van der Waals surface area contributed by atoms with Crippen LogP contribution in [0.3, 0.4) is 0 Å². The van der Waals surface area contributed by atoms with E-state index in [4.69, 9.17) is 4.74 Å². The van der Waals surface area contributed by atoms with Crippen LogP contribution in [0.4, 0.5) is 5.69 Å². The van der Waals surface area contributed by atoms with Gasteiger partial charge in [0.15, 0.2) is 6.29 Å². The second-order valence-corrected chi connectivity index (χ2v) is 8.68. The van der Waals surface area contributed by atoms with Gasteiger partial charge in [0.25, 0.3) is 0 Å². The summed E-state index contributed by atoms with van der Waals surface area (Å²) >= 11 is 0. The fraction of sp³-hybridized carbons (Fsp3) is 0.636. The van der Waals surface area contributed by atoms with E-state index in [1.54, 1.807) is 24.3 Å². The first-order valence-electron chi connectivity index (χ1n) is 10.7. The summed E-state index contributed by atoms with van der Waals surface area (Å²) < 4.78 is 5.84. The molecule has 3 unspecified atom stereocenters. The number of hydrogen-bond acceptors (Lipinski definition) is 6. The number of amides is 1. The number of rotatable bonds is 7. The predicted molar refractivity (Wildman–Crippen MR) is 110 cm³/mol. The van der Waals surface area contributed by atoms with Gasteiger partial charge in [0.1, 0.15) is 5.75 Å². The second kappa shape index (κ2) is 8.05. The minimum absolute atomic E-state index is 0.169. The molecule has 0 saturated carbocycles. The van der Waals surface area contributed by atoms with E-state index in [1.165, 1.54) is 24.3 Å². The van der Waals surface area contributed by atoms with Crippen molar-refractivity contribution in [3.63, 3.8) is 0 Å². The Kier molecular flexibility index (Phi) is 5.64. The van der Waals surface area contributed by atoms with Crippen LogP contribution >= 0.6 is 0 Å². The quantitative estimate of drug-likeness (QED) is 0.533. The third-order valence-electron chi connectivity index (χ3n) is 6.91. The number of ether oxygens (including phenoxy) is 1. The molecule has 3 atom stereocenters. The Hall–Kier alpha value is -1.96. The van der Waals surface area contributed by atoms with Crippen molar-refractivity contribution in [1.29, 1.82) is 0 Å². The van der Waals surface area contributed by atoms with Crippen LogP contribution in [0.25, 0.3) is 0 Å². The van der Waals surface area contributed by atoms with E-state index in [0.29, 0.717) is 44.1 Å². The highest BCUT2D eigenvalue weighted by Gasteiger charge is 2.63. The molecule has 3 fully saturated rings. The van der Waals surface area contributed by atoms with Gasteiger partial charge in [-0.05, 0) is 70.0 Å². The number of hydrogen-bond donors (Lipinski definition) is 2. The highest BCUT2D eigenvalue weighted by molar-refractivity contribution is 6.03. The van der Waals surface area contributed by atoms with Gasteiger partial charge in [-0.15, -0.1) is 0 Å². The van der Waals surface area contributed by atoms with Crippen LogP contribution in [0.15, 0.2) is 24.3 Å². The van der Waals surface area contributed by atoms with Crippen LogP contribution in [-0.4, -0.2) is 66.8 Å². The maximum atomic E-state index is 12.7. The molecular weight excluding hydrogens is 370 g/mol. The Bertz CT molecular complexity index is 747. The van der Waals surface area contributed by atoms with E-state index in [9.17, 15) is 14.7 Å². The summed E-state index contributed by atoms with van der Waals surface area (Å²) in [6.45, 7) is 6.29. The van der Waals surface area contributed by atoms with E-state index in [1.807, 2.05) is 0 Å². The molecule has 1 spiro atoms. The minimum atomic E-state index is -1.82. The molecule has 7 heteroatoms. The lowest BCUT2D eigenvalue weighted by atomic mass is 9.77. The molecule has 2 N–H and O–H groups in total. The van der Waals surface area contributed by atoms with Gasteiger partial charge in [0.2, 0.25) is 11.6 Å². The Morgan fingerprint density at radius 3 is 2.76 bits per heavy atom. The van der Waals surface area contributed by atoms with E-state index in [-0.39, 0.29) is 12.3 Å². The fourth-order valence-corrected chi connectivity index (χ4v) is 5.13. The van der Waals surface area contributed by atoms with Crippen molar-refractivity contribution in [2.45, 2.75) is 50.8 Å². The molecule has 1 aromatic carbocycles. The van der Waals surface area contributed by atoms with Crippen molar-refractivity contribution in [3.8, 4) is 5.75 Å². The van der Waals surface area contributed by atoms with Crippen molar-refractivity contribution < 1.29 is 19.4 Å². The summed E-state index contributed by atoms with van der Waals surface area (Å²) in [5, 5.41) is 14.3. The number of aldehydes is 1. The molecule has 158 valence electrons. The fourth-order valence-electron chi connectivity index (χ4n) is 5.13. The van der Waals surface area contributed by atoms with E-state index < -0.39 is 11.1 Å². The lowest BCUT2D eigenvalue weighted by Gasteiger charge is -2.38. The summed E-state index contributed by atoms with van der Waals surface area (Å²) in [5.41, 5.74) is -2.05. The Morgan fingerprint density at radius 1 is 1.34 bits per heavy atom. The normalized spacial score (nSPS) is 32.4. The minimum Gasteiger partial charge on any atom is -0.494 e. The Morgan fingerprint density at radius 2 is 2.14 bits per heavy atom. The molecule has 1 aromatic rings. The molecule has 0 aromatic heterocycles. The van der Waals surface area contributed by atoms with Crippen LogP contribution < -0.4 is 15.0 Å². The summed E-state index contributed by atoms with van der Waals surface area (Å²) in [6, 6.07) is 7.74. The lowest BCUT2D eigenvalue weighted by Crippen LogP contribution is -2.57. The first kappa shape index (κ1) is 20.3. The van der Waals surface area contributed by atoms with Crippen molar-refractivity contribution in [2.75, 3.05) is 37.7 Å². The van der Waals surface area contributed by atoms with Crippen molar-refractivity contribution in [3.05, 3.63) is 24.3 Å². The zero-order chi connectivity index (χ0) is 20.5. The number of nitrogens with one attached hydrogen (secondary N) is 1. The first-order valence-corrected chi connectivity index (χ1v) is 10.7. The molecular formula is C22H31N3O4. The van der Waals surface area contributed by atoms with Crippen molar-refractivity contribution in [2.24, 2.45) is 5.41 Å². The van der Waals surface area contributed by atoms with Gasteiger partial charge in [-0.25, -0.2) is 0 Å². The molecule has 29 heavy (non-hydrogen) atoms. The molecule has 3 aliphatic heterocycles.